The minimum absolute atomic E-state index is 0.111. The Hall–Kier alpha value is -3.33. The molecule has 0 aliphatic heterocycles. The third kappa shape index (κ3) is 5.05. The fourth-order valence-electron chi connectivity index (χ4n) is 3.46. The number of aromatic nitrogens is 2. The lowest BCUT2D eigenvalue weighted by Gasteiger charge is -2.09. The van der Waals surface area contributed by atoms with Crippen molar-refractivity contribution >= 4 is 34.0 Å². The molecule has 160 valence electrons. The summed E-state index contributed by atoms with van der Waals surface area (Å²) in [5.41, 5.74) is 0.713. The van der Waals surface area contributed by atoms with Crippen LogP contribution in [0.4, 0.5) is 15.2 Å². The average molecular weight is 441 g/mol. The van der Waals surface area contributed by atoms with E-state index in [1.54, 1.807) is 0 Å². The van der Waals surface area contributed by atoms with Crippen molar-refractivity contribution in [2.24, 2.45) is 0 Å². The fourth-order valence-corrected chi connectivity index (χ4v) is 4.53. The Morgan fingerprint density at radius 1 is 1.06 bits per heavy atom. The zero-order chi connectivity index (χ0) is 21.8. The van der Waals surface area contributed by atoms with E-state index in [4.69, 9.17) is 0 Å². The first-order valence-corrected chi connectivity index (χ1v) is 10.9. The maximum Gasteiger partial charge on any atom is 0.263 e. The van der Waals surface area contributed by atoms with Gasteiger partial charge >= 0.3 is 0 Å². The number of carbonyl (C=O) groups is 2. The SMILES string of the molecule is O=C(Cn1cccc(C(=O)Nc2ccc(F)cc2)c1=O)Nc1nc2c(s1)CCCCC2. The second-order valence-corrected chi connectivity index (χ2v) is 8.40. The fraction of sp³-hybridized carbons (Fsp3) is 0.273. The number of hydrogen-bond acceptors (Lipinski definition) is 5. The van der Waals surface area contributed by atoms with E-state index in [0.29, 0.717) is 10.8 Å². The first kappa shape index (κ1) is 20.9. The number of thiazole rings is 1. The molecule has 0 fully saturated rings. The van der Waals surface area contributed by atoms with Crippen LogP contribution in [0.2, 0.25) is 0 Å². The molecule has 9 heteroatoms. The molecule has 2 heterocycles. The molecule has 0 saturated carbocycles. The number of benzene rings is 1. The van der Waals surface area contributed by atoms with Crippen LogP contribution in [0.3, 0.4) is 0 Å². The summed E-state index contributed by atoms with van der Waals surface area (Å²) >= 11 is 1.48. The number of hydrogen-bond donors (Lipinski definition) is 2. The summed E-state index contributed by atoms with van der Waals surface area (Å²) in [6, 6.07) is 8.13. The largest absolute Gasteiger partial charge is 0.322 e. The second-order valence-electron chi connectivity index (χ2n) is 7.31. The van der Waals surface area contributed by atoms with Crippen LogP contribution in [0, 0.1) is 5.82 Å². The van der Waals surface area contributed by atoms with Crippen molar-refractivity contribution in [3.8, 4) is 0 Å². The lowest BCUT2D eigenvalue weighted by molar-refractivity contribution is -0.116. The zero-order valence-corrected chi connectivity index (χ0v) is 17.5. The summed E-state index contributed by atoms with van der Waals surface area (Å²) in [6.45, 7) is -0.235. The topological polar surface area (TPSA) is 93.1 Å². The van der Waals surface area contributed by atoms with Crippen molar-refractivity contribution in [1.82, 2.24) is 9.55 Å². The van der Waals surface area contributed by atoms with Crippen LogP contribution >= 0.6 is 11.3 Å². The number of amides is 2. The minimum atomic E-state index is -0.630. The van der Waals surface area contributed by atoms with Gasteiger partial charge in [0.15, 0.2) is 5.13 Å². The smallest absolute Gasteiger partial charge is 0.263 e. The van der Waals surface area contributed by atoms with Crippen molar-refractivity contribution in [2.75, 3.05) is 10.6 Å². The maximum absolute atomic E-state index is 13.0. The first-order chi connectivity index (χ1) is 15.0. The van der Waals surface area contributed by atoms with Crippen molar-refractivity contribution in [3.63, 3.8) is 0 Å². The van der Waals surface area contributed by atoms with E-state index in [1.807, 2.05) is 0 Å². The van der Waals surface area contributed by atoms with Gasteiger partial charge in [-0.25, -0.2) is 9.37 Å². The molecular weight excluding hydrogens is 419 g/mol. The summed E-state index contributed by atoms with van der Waals surface area (Å²) < 4.78 is 14.2. The molecule has 2 N–H and O–H groups in total. The van der Waals surface area contributed by atoms with Crippen LogP contribution in [-0.2, 0) is 24.2 Å². The number of aryl methyl sites for hydroxylation is 2. The van der Waals surface area contributed by atoms with Gasteiger partial charge in [0.25, 0.3) is 11.5 Å². The highest BCUT2D eigenvalue weighted by Gasteiger charge is 2.17. The van der Waals surface area contributed by atoms with Crippen LogP contribution in [0.25, 0.3) is 0 Å². The van der Waals surface area contributed by atoms with Crippen molar-refractivity contribution < 1.29 is 14.0 Å². The van der Waals surface area contributed by atoms with Crippen LogP contribution < -0.4 is 16.2 Å². The van der Waals surface area contributed by atoms with Gasteiger partial charge in [-0.05, 0) is 62.1 Å². The molecule has 1 aromatic carbocycles. The Morgan fingerprint density at radius 3 is 2.65 bits per heavy atom. The van der Waals surface area contributed by atoms with Crippen molar-refractivity contribution in [1.29, 1.82) is 0 Å². The number of nitrogens with zero attached hydrogens (tertiary/aromatic N) is 2. The Bertz CT molecular complexity index is 1150. The van der Waals surface area contributed by atoms with E-state index in [-0.39, 0.29) is 18.0 Å². The molecule has 2 aromatic heterocycles. The predicted molar refractivity (Wildman–Crippen MR) is 117 cm³/mol. The molecule has 0 atom stereocenters. The highest BCUT2D eigenvalue weighted by molar-refractivity contribution is 7.15. The van der Waals surface area contributed by atoms with E-state index >= 15 is 0 Å². The predicted octanol–water partition coefficient (Wildman–Crippen LogP) is 3.60. The number of rotatable bonds is 5. The van der Waals surface area contributed by atoms with Gasteiger partial charge in [0, 0.05) is 16.8 Å². The van der Waals surface area contributed by atoms with Gasteiger partial charge in [0.1, 0.15) is 17.9 Å². The molecule has 7 nitrogen and oxygen atoms in total. The van der Waals surface area contributed by atoms with Crippen LogP contribution in [0.5, 0.6) is 0 Å². The number of anilines is 2. The van der Waals surface area contributed by atoms with E-state index < -0.39 is 17.3 Å². The van der Waals surface area contributed by atoms with E-state index in [0.717, 1.165) is 31.4 Å². The van der Waals surface area contributed by atoms with Gasteiger partial charge < -0.3 is 15.2 Å². The standard InChI is InChI=1S/C22H21FN4O3S/c23-14-8-10-15(11-9-14)24-20(29)16-5-4-12-27(21(16)30)13-19(28)26-22-25-17-6-2-1-3-7-18(17)31-22/h4-5,8-12H,1-3,6-7,13H2,(H,24,29)(H,25,26,28). The normalized spacial score (nSPS) is 13.2. The molecule has 0 radical (unpaired) electrons. The highest BCUT2D eigenvalue weighted by Crippen LogP contribution is 2.28. The third-order valence-electron chi connectivity index (χ3n) is 5.02. The number of pyridine rings is 1. The summed E-state index contributed by atoms with van der Waals surface area (Å²) in [6.07, 6.45) is 6.78. The van der Waals surface area contributed by atoms with Crippen molar-refractivity contribution in [3.05, 3.63) is 74.9 Å². The monoisotopic (exact) mass is 440 g/mol. The van der Waals surface area contributed by atoms with Gasteiger partial charge in [-0.15, -0.1) is 11.3 Å². The molecule has 0 unspecified atom stereocenters. The summed E-state index contributed by atoms with van der Waals surface area (Å²) in [5.74, 6) is -1.44. The molecule has 1 aliphatic rings. The molecule has 1 aliphatic carbocycles. The summed E-state index contributed by atoms with van der Waals surface area (Å²) in [4.78, 5) is 43.4. The van der Waals surface area contributed by atoms with Crippen LogP contribution in [0.1, 0.15) is 40.2 Å². The Balaban J connectivity index is 1.44. The van der Waals surface area contributed by atoms with E-state index in [9.17, 15) is 18.8 Å². The molecule has 0 saturated heterocycles. The average Bonchev–Trinajstić information content (AvgIpc) is 2.98. The maximum atomic E-state index is 13.0. The zero-order valence-electron chi connectivity index (χ0n) is 16.7. The lowest BCUT2D eigenvalue weighted by atomic mass is 10.2. The number of halogens is 1. The number of nitrogens with one attached hydrogen (secondary N) is 2. The molecule has 0 bridgehead atoms. The second kappa shape index (κ2) is 9.22. The number of carbonyl (C=O) groups excluding carboxylic acids is 2. The Labute approximate surface area is 181 Å². The molecular formula is C22H21FN4O3S. The first-order valence-electron chi connectivity index (χ1n) is 10.0. The lowest BCUT2D eigenvalue weighted by Crippen LogP contribution is -2.32. The molecule has 4 rings (SSSR count). The number of fused-ring (bicyclic) bond motifs is 1. The van der Waals surface area contributed by atoms with Crippen molar-refractivity contribution in [2.45, 2.75) is 38.6 Å². The highest BCUT2D eigenvalue weighted by atomic mass is 32.1. The van der Waals surface area contributed by atoms with Gasteiger partial charge in [-0.3, -0.25) is 14.4 Å². The van der Waals surface area contributed by atoms with Gasteiger partial charge in [0.05, 0.1) is 5.69 Å². The third-order valence-corrected chi connectivity index (χ3v) is 6.10. The summed E-state index contributed by atoms with van der Waals surface area (Å²) in [5, 5.41) is 5.85. The Morgan fingerprint density at radius 2 is 1.84 bits per heavy atom. The molecule has 0 spiro atoms. The van der Waals surface area contributed by atoms with Crippen LogP contribution in [0.15, 0.2) is 47.4 Å². The van der Waals surface area contributed by atoms with Gasteiger partial charge in [0.2, 0.25) is 5.91 Å². The van der Waals surface area contributed by atoms with E-state index in [1.165, 1.54) is 69.8 Å². The summed E-state index contributed by atoms with van der Waals surface area (Å²) in [7, 11) is 0. The van der Waals surface area contributed by atoms with Gasteiger partial charge in [-0.2, -0.15) is 0 Å². The molecule has 2 amide bonds. The molecule has 31 heavy (non-hydrogen) atoms. The Kier molecular flexibility index (Phi) is 6.22. The van der Waals surface area contributed by atoms with Crippen LogP contribution in [-0.4, -0.2) is 21.4 Å². The van der Waals surface area contributed by atoms with E-state index in [2.05, 4.69) is 15.6 Å². The quantitative estimate of drug-likeness (QED) is 0.593. The molecule has 3 aromatic rings. The minimum Gasteiger partial charge on any atom is -0.322 e. The van der Waals surface area contributed by atoms with Gasteiger partial charge in [-0.1, -0.05) is 6.42 Å².